The second-order valence-corrected chi connectivity index (χ2v) is 1.88. The highest BCUT2D eigenvalue weighted by Crippen LogP contribution is 2.19. The maximum atomic E-state index is 11.6. The fraction of sp³-hybridized carbons (Fsp3) is 1.00. The third-order valence-corrected chi connectivity index (χ3v) is 1.15. The molecule has 0 bridgehead atoms. The third-order valence-electron chi connectivity index (χ3n) is 1.15. The van der Waals surface area contributed by atoms with Crippen LogP contribution in [0.5, 0.6) is 0 Å². The van der Waals surface area contributed by atoms with Gasteiger partial charge in [0.25, 0.3) is 0 Å². The first kappa shape index (κ1) is 10.0. The molecule has 1 rings (SSSR count). The van der Waals surface area contributed by atoms with Gasteiger partial charge in [-0.15, -0.1) is 12.4 Å². The Kier molecular flexibility index (Phi) is 3.41. The van der Waals surface area contributed by atoms with Gasteiger partial charge in [0.1, 0.15) is 0 Å². The smallest absolute Gasteiger partial charge is 0.293 e. The molecule has 62 valence electrons. The maximum absolute atomic E-state index is 11.6. The summed E-state index contributed by atoms with van der Waals surface area (Å²) in [4.78, 5) is 0. The van der Waals surface area contributed by atoms with E-state index in [2.05, 4.69) is 10.6 Å². The molecular formula is C4H8ClF3N2. The van der Waals surface area contributed by atoms with Crippen LogP contribution in [0.2, 0.25) is 0 Å². The van der Waals surface area contributed by atoms with E-state index in [9.17, 15) is 13.2 Å². The van der Waals surface area contributed by atoms with E-state index in [0.29, 0.717) is 13.1 Å². The average Bonchev–Trinajstić information content (AvgIpc) is 2.08. The first-order valence-electron chi connectivity index (χ1n) is 2.64. The highest BCUT2D eigenvalue weighted by Gasteiger charge is 2.40. The Morgan fingerprint density at radius 2 is 1.50 bits per heavy atom. The Morgan fingerprint density at radius 1 is 1.10 bits per heavy atom. The largest absolute Gasteiger partial charge is 0.417 e. The highest BCUT2D eigenvalue weighted by atomic mass is 35.5. The van der Waals surface area contributed by atoms with Crippen molar-refractivity contribution in [3.8, 4) is 0 Å². The molecule has 1 saturated heterocycles. The molecule has 0 atom stereocenters. The van der Waals surface area contributed by atoms with Crippen molar-refractivity contribution < 1.29 is 13.2 Å². The Bertz CT molecular complexity index is 99.2. The van der Waals surface area contributed by atoms with E-state index < -0.39 is 12.3 Å². The first-order chi connectivity index (χ1) is 4.11. The second-order valence-electron chi connectivity index (χ2n) is 1.88. The van der Waals surface area contributed by atoms with E-state index in [4.69, 9.17) is 0 Å². The first-order valence-corrected chi connectivity index (χ1v) is 2.64. The molecule has 0 aliphatic carbocycles. The predicted molar refractivity (Wildman–Crippen MR) is 33.1 cm³/mol. The zero-order valence-corrected chi connectivity index (χ0v) is 5.85. The van der Waals surface area contributed by atoms with Gasteiger partial charge in [-0.1, -0.05) is 0 Å². The average molecular weight is 177 g/mol. The lowest BCUT2D eigenvalue weighted by Gasteiger charge is -2.13. The van der Waals surface area contributed by atoms with Gasteiger partial charge < -0.3 is 0 Å². The number of nitrogens with one attached hydrogen (secondary N) is 2. The lowest BCUT2D eigenvalue weighted by Crippen LogP contribution is -2.44. The second kappa shape index (κ2) is 3.41. The van der Waals surface area contributed by atoms with E-state index in [0.717, 1.165) is 0 Å². The van der Waals surface area contributed by atoms with Crippen molar-refractivity contribution in [1.82, 2.24) is 10.6 Å². The van der Waals surface area contributed by atoms with Crippen molar-refractivity contribution in [3.05, 3.63) is 0 Å². The van der Waals surface area contributed by atoms with Crippen LogP contribution in [-0.4, -0.2) is 25.4 Å². The van der Waals surface area contributed by atoms with Crippen molar-refractivity contribution in [2.45, 2.75) is 12.3 Å². The van der Waals surface area contributed by atoms with Crippen LogP contribution < -0.4 is 10.6 Å². The van der Waals surface area contributed by atoms with E-state index in [1.54, 1.807) is 0 Å². The number of rotatable bonds is 0. The van der Waals surface area contributed by atoms with Gasteiger partial charge in [0, 0.05) is 13.1 Å². The minimum Gasteiger partial charge on any atom is -0.293 e. The van der Waals surface area contributed by atoms with Gasteiger partial charge in [-0.05, 0) is 0 Å². The van der Waals surface area contributed by atoms with Crippen LogP contribution in [0.1, 0.15) is 0 Å². The molecule has 6 heteroatoms. The molecule has 0 unspecified atom stereocenters. The van der Waals surface area contributed by atoms with Crippen molar-refractivity contribution in [2.24, 2.45) is 0 Å². The summed E-state index contributed by atoms with van der Waals surface area (Å²) in [6.45, 7) is 0.786. The van der Waals surface area contributed by atoms with E-state index in [1.165, 1.54) is 0 Å². The Morgan fingerprint density at radius 3 is 1.70 bits per heavy atom. The van der Waals surface area contributed by atoms with Crippen LogP contribution >= 0.6 is 12.4 Å². The SMILES string of the molecule is Cl.FC(F)(F)C1NCCN1. The van der Waals surface area contributed by atoms with E-state index >= 15 is 0 Å². The van der Waals surface area contributed by atoms with Gasteiger partial charge in [-0.2, -0.15) is 13.2 Å². The van der Waals surface area contributed by atoms with Crippen LogP contribution in [0.4, 0.5) is 13.2 Å². The Hall–Kier alpha value is -0.0000000000000000416. The summed E-state index contributed by atoms with van der Waals surface area (Å²) in [5, 5.41) is 4.52. The number of halogens is 4. The van der Waals surface area contributed by atoms with Crippen molar-refractivity contribution >= 4 is 12.4 Å². The van der Waals surface area contributed by atoms with Gasteiger partial charge >= 0.3 is 6.18 Å². The van der Waals surface area contributed by atoms with Crippen molar-refractivity contribution in [3.63, 3.8) is 0 Å². The summed E-state index contributed by atoms with van der Waals surface area (Å²) in [6, 6.07) is 0. The summed E-state index contributed by atoms with van der Waals surface area (Å²) in [7, 11) is 0. The highest BCUT2D eigenvalue weighted by molar-refractivity contribution is 5.85. The van der Waals surface area contributed by atoms with Gasteiger partial charge in [0.15, 0.2) is 6.17 Å². The monoisotopic (exact) mass is 176 g/mol. The molecule has 10 heavy (non-hydrogen) atoms. The molecule has 1 aliphatic rings. The number of hydrogen-bond donors (Lipinski definition) is 2. The molecule has 1 fully saturated rings. The fourth-order valence-corrected chi connectivity index (χ4v) is 0.737. The fourth-order valence-electron chi connectivity index (χ4n) is 0.737. The molecule has 1 heterocycles. The van der Waals surface area contributed by atoms with Gasteiger partial charge in [-0.25, -0.2) is 0 Å². The number of hydrogen-bond acceptors (Lipinski definition) is 2. The van der Waals surface area contributed by atoms with Gasteiger partial charge in [-0.3, -0.25) is 10.6 Å². The summed E-state index contributed by atoms with van der Waals surface area (Å²) in [5.41, 5.74) is 0. The van der Waals surface area contributed by atoms with Crippen molar-refractivity contribution in [2.75, 3.05) is 13.1 Å². The molecule has 0 aromatic rings. The zero-order valence-electron chi connectivity index (χ0n) is 5.03. The quantitative estimate of drug-likeness (QED) is 0.562. The minimum absolute atomic E-state index is 0. The van der Waals surface area contributed by atoms with Crippen LogP contribution in [-0.2, 0) is 0 Å². The molecule has 0 radical (unpaired) electrons. The molecule has 2 N–H and O–H groups in total. The molecular weight excluding hydrogens is 169 g/mol. The molecule has 1 aliphatic heterocycles. The van der Waals surface area contributed by atoms with Crippen LogP contribution in [0.25, 0.3) is 0 Å². The lowest BCUT2D eigenvalue weighted by atomic mass is 10.5. The summed E-state index contributed by atoms with van der Waals surface area (Å²) in [6.07, 6.45) is -5.63. The van der Waals surface area contributed by atoms with Crippen LogP contribution in [0.15, 0.2) is 0 Å². The van der Waals surface area contributed by atoms with Crippen LogP contribution in [0, 0.1) is 0 Å². The normalized spacial score (nSPS) is 20.7. The maximum Gasteiger partial charge on any atom is 0.417 e. The molecule has 2 nitrogen and oxygen atoms in total. The lowest BCUT2D eigenvalue weighted by molar-refractivity contribution is -0.156. The Labute approximate surface area is 62.6 Å². The van der Waals surface area contributed by atoms with E-state index in [-0.39, 0.29) is 12.4 Å². The summed E-state index contributed by atoms with van der Waals surface area (Å²) < 4.78 is 34.9. The molecule has 0 aromatic carbocycles. The van der Waals surface area contributed by atoms with E-state index in [1.807, 2.05) is 0 Å². The van der Waals surface area contributed by atoms with Crippen molar-refractivity contribution in [1.29, 1.82) is 0 Å². The molecule has 0 spiro atoms. The topological polar surface area (TPSA) is 24.1 Å². The predicted octanol–water partition coefficient (Wildman–Crippen LogP) is 0.489. The standard InChI is InChI=1S/C4H7F3N2.ClH/c5-4(6,7)3-8-1-2-9-3;/h3,8-9H,1-2H2;1H. The molecule has 0 amide bonds. The Balaban J connectivity index is 0.000000810. The van der Waals surface area contributed by atoms with Gasteiger partial charge in [0.2, 0.25) is 0 Å². The summed E-state index contributed by atoms with van der Waals surface area (Å²) in [5.74, 6) is 0. The zero-order chi connectivity index (χ0) is 6.91. The molecule has 0 saturated carbocycles. The third kappa shape index (κ3) is 2.32. The minimum atomic E-state index is -4.14. The van der Waals surface area contributed by atoms with Crippen LogP contribution in [0.3, 0.4) is 0 Å². The number of alkyl halides is 3. The summed E-state index contributed by atoms with van der Waals surface area (Å²) >= 11 is 0. The van der Waals surface area contributed by atoms with Gasteiger partial charge in [0.05, 0.1) is 0 Å². The molecule has 0 aromatic heterocycles.